The molecule has 0 amide bonds. The molecule has 51 heavy (non-hydrogen) atoms. The Bertz CT molecular complexity index is 3570. The molecule has 1 nitrogen and oxygen atoms in total. The summed E-state index contributed by atoms with van der Waals surface area (Å²) in [6, 6.07) is 42.5. The van der Waals surface area contributed by atoms with Gasteiger partial charge in [-0.2, -0.15) is 0 Å². The van der Waals surface area contributed by atoms with E-state index >= 15 is 0 Å². The Balaban J connectivity index is 1.19. The molecule has 1 heterocycles. The van der Waals surface area contributed by atoms with Gasteiger partial charge in [-0.15, -0.1) is 0 Å². The summed E-state index contributed by atoms with van der Waals surface area (Å²) in [5.41, 5.74) is 4.30. The fraction of sp³-hybridized carbons (Fsp3) is 0. The van der Waals surface area contributed by atoms with Crippen molar-refractivity contribution >= 4 is 86.6 Å². The van der Waals surface area contributed by atoms with Gasteiger partial charge in [0.25, 0.3) is 0 Å². The van der Waals surface area contributed by atoms with Crippen molar-refractivity contribution in [2.45, 2.75) is 0 Å². The molecule has 12 rings (SSSR count). The van der Waals surface area contributed by atoms with Crippen LogP contribution in [0, 0.1) is 0 Å². The number of furan rings is 1. The standard InChI is InChI=1S/C50H28O/c1-2-10-45-41(9-1)42-22-19-35(28-46(42)51-45)36-25-37(39-20-15-33-13-11-29-5-3-7-31-17-23-43(39)49(33)47(29)31)27-38(26-36)40-21-16-34-14-12-30-6-4-8-32-18-24-44(40)50(34)48(30)32/h1-28H/i1D,2D,9D,10D,19D,22D,28D. The molecule has 11 aromatic carbocycles. The summed E-state index contributed by atoms with van der Waals surface area (Å²) in [5, 5.41) is 13.9. The van der Waals surface area contributed by atoms with Crippen LogP contribution in [-0.4, -0.2) is 0 Å². The number of hydrogen-bond acceptors (Lipinski definition) is 1. The molecule has 0 radical (unpaired) electrons. The lowest BCUT2D eigenvalue weighted by atomic mass is 9.86. The van der Waals surface area contributed by atoms with Crippen molar-refractivity contribution in [1.82, 2.24) is 0 Å². The highest BCUT2D eigenvalue weighted by Gasteiger charge is 2.17. The van der Waals surface area contributed by atoms with E-state index in [4.69, 9.17) is 9.90 Å². The van der Waals surface area contributed by atoms with E-state index in [-0.39, 0.29) is 57.7 Å². The Morgan fingerprint density at radius 3 is 1.41 bits per heavy atom. The van der Waals surface area contributed by atoms with E-state index in [1.807, 2.05) is 12.1 Å². The second kappa shape index (κ2) is 9.94. The van der Waals surface area contributed by atoms with Crippen LogP contribution in [0.15, 0.2) is 174 Å². The third-order valence-corrected chi connectivity index (χ3v) is 10.8. The molecule has 1 heteroatoms. The van der Waals surface area contributed by atoms with Crippen molar-refractivity contribution in [1.29, 1.82) is 0 Å². The summed E-state index contributed by atoms with van der Waals surface area (Å²) in [4.78, 5) is 0. The van der Waals surface area contributed by atoms with Crippen molar-refractivity contribution in [2.24, 2.45) is 0 Å². The van der Waals surface area contributed by atoms with Gasteiger partial charge >= 0.3 is 0 Å². The molecular formula is C50H28O. The Kier molecular flexibility index (Phi) is 4.17. The Morgan fingerprint density at radius 2 is 0.824 bits per heavy atom. The first-order valence-corrected chi connectivity index (χ1v) is 17.1. The van der Waals surface area contributed by atoms with E-state index in [1.54, 1.807) is 0 Å². The van der Waals surface area contributed by atoms with E-state index in [1.165, 1.54) is 21.5 Å². The third kappa shape index (κ3) is 3.81. The van der Waals surface area contributed by atoms with E-state index in [9.17, 15) is 4.11 Å². The SMILES string of the molecule is [2H]c1c([2H])c([2H])c2c(oc3c([2H])c(-c4cc(-c5ccc6ccc7cccc8ccc5c6c78)cc(-c5ccc6ccc7cccc8ccc5c6c78)c4)c([2H])c([2H])c32)c1[2H]. The smallest absolute Gasteiger partial charge is 0.136 e. The summed E-state index contributed by atoms with van der Waals surface area (Å²) >= 11 is 0. The lowest BCUT2D eigenvalue weighted by Crippen LogP contribution is -1.91. The van der Waals surface area contributed by atoms with Gasteiger partial charge in [0, 0.05) is 10.8 Å². The van der Waals surface area contributed by atoms with E-state index in [2.05, 4.69) is 115 Å². The molecule has 0 saturated carbocycles. The first-order valence-electron chi connectivity index (χ1n) is 20.6. The van der Waals surface area contributed by atoms with Gasteiger partial charge in [0.1, 0.15) is 11.2 Å². The van der Waals surface area contributed by atoms with Gasteiger partial charge < -0.3 is 4.42 Å². The first kappa shape index (κ1) is 21.4. The van der Waals surface area contributed by atoms with Crippen LogP contribution in [0.1, 0.15) is 9.60 Å². The van der Waals surface area contributed by atoms with Gasteiger partial charge in [0.15, 0.2) is 0 Å². The maximum absolute atomic E-state index is 9.58. The van der Waals surface area contributed by atoms with Crippen molar-refractivity contribution in [3.8, 4) is 33.4 Å². The second-order valence-corrected chi connectivity index (χ2v) is 13.5. The normalized spacial score (nSPS) is 14.2. The number of fused-ring (bicyclic) bond motifs is 3. The number of benzene rings is 11. The van der Waals surface area contributed by atoms with Crippen LogP contribution in [0.5, 0.6) is 0 Å². The van der Waals surface area contributed by atoms with E-state index in [0.717, 1.165) is 65.3 Å². The van der Waals surface area contributed by atoms with Crippen LogP contribution < -0.4 is 0 Å². The van der Waals surface area contributed by atoms with Crippen LogP contribution in [0.4, 0.5) is 0 Å². The number of para-hydroxylation sites is 1. The predicted molar refractivity (Wildman–Crippen MR) is 217 cm³/mol. The van der Waals surface area contributed by atoms with Gasteiger partial charge in [-0.3, -0.25) is 0 Å². The van der Waals surface area contributed by atoms with Crippen LogP contribution >= 0.6 is 0 Å². The molecule has 234 valence electrons. The summed E-state index contributed by atoms with van der Waals surface area (Å²) in [6.45, 7) is 0. The predicted octanol–water partition coefficient (Wildman–Crippen LogP) is 14.4. The lowest BCUT2D eigenvalue weighted by Gasteiger charge is -2.18. The fourth-order valence-corrected chi connectivity index (χ4v) is 8.50. The van der Waals surface area contributed by atoms with Crippen molar-refractivity contribution in [2.75, 3.05) is 0 Å². The molecular weight excluding hydrogens is 617 g/mol. The zero-order valence-electron chi connectivity index (χ0n) is 34.0. The van der Waals surface area contributed by atoms with Crippen LogP contribution in [0.3, 0.4) is 0 Å². The highest BCUT2D eigenvalue weighted by atomic mass is 16.3. The molecule has 0 saturated heterocycles. The van der Waals surface area contributed by atoms with Crippen molar-refractivity contribution in [3.63, 3.8) is 0 Å². The largest absolute Gasteiger partial charge is 0.456 e. The molecule has 0 bridgehead atoms. The van der Waals surface area contributed by atoms with E-state index < -0.39 is 12.1 Å². The summed E-state index contributed by atoms with van der Waals surface area (Å²) in [5.74, 6) is 0. The van der Waals surface area contributed by atoms with Crippen LogP contribution in [0.25, 0.3) is 120 Å². The summed E-state index contributed by atoms with van der Waals surface area (Å²) < 4.78 is 68.2. The topological polar surface area (TPSA) is 13.1 Å². The molecule has 0 aliphatic rings. The minimum Gasteiger partial charge on any atom is -0.456 e. The van der Waals surface area contributed by atoms with Gasteiger partial charge in [-0.1, -0.05) is 133 Å². The fourth-order valence-electron chi connectivity index (χ4n) is 8.50. The minimum atomic E-state index is -0.458. The van der Waals surface area contributed by atoms with Crippen LogP contribution in [0.2, 0.25) is 0 Å². The molecule has 0 fully saturated rings. The number of hydrogen-bond donors (Lipinski definition) is 0. The molecule has 0 spiro atoms. The Morgan fingerprint density at radius 1 is 0.353 bits per heavy atom. The quantitative estimate of drug-likeness (QED) is 0.173. The van der Waals surface area contributed by atoms with E-state index in [0.29, 0.717) is 5.56 Å². The molecule has 0 aliphatic carbocycles. The second-order valence-electron chi connectivity index (χ2n) is 13.5. The average Bonchev–Trinajstić information content (AvgIpc) is 3.67. The first-order chi connectivity index (χ1) is 28.2. The van der Waals surface area contributed by atoms with Crippen molar-refractivity contribution in [3.05, 3.63) is 170 Å². The average molecular weight is 652 g/mol. The highest BCUT2D eigenvalue weighted by molar-refractivity contribution is 6.27. The monoisotopic (exact) mass is 651 g/mol. The van der Waals surface area contributed by atoms with Gasteiger partial charge in [0.05, 0.1) is 9.60 Å². The molecule has 0 atom stereocenters. The molecule has 0 N–H and O–H groups in total. The molecule has 1 aromatic heterocycles. The molecule has 0 unspecified atom stereocenters. The van der Waals surface area contributed by atoms with Gasteiger partial charge in [-0.25, -0.2) is 0 Å². The number of rotatable bonds is 3. The van der Waals surface area contributed by atoms with Crippen molar-refractivity contribution < 1.29 is 14.0 Å². The maximum Gasteiger partial charge on any atom is 0.136 e. The maximum atomic E-state index is 9.58. The molecule has 0 aliphatic heterocycles. The zero-order valence-corrected chi connectivity index (χ0v) is 27.0. The highest BCUT2D eigenvalue weighted by Crippen LogP contribution is 2.44. The summed E-state index contributed by atoms with van der Waals surface area (Å²) in [6.07, 6.45) is 0. The Labute approximate surface area is 303 Å². The summed E-state index contributed by atoms with van der Waals surface area (Å²) in [7, 11) is 0. The lowest BCUT2D eigenvalue weighted by molar-refractivity contribution is 0.669. The van der Waals surface area contributed by atoms with Gasteiger partial charge in [-0.05, 0) is 134 Å². The Hall–Kier alpha value is -6.70. The molecule has 12 aromatic rings. The van der Waals surface area contributed by atoms with Gasteiger partial charge in [0.2, 0.25) is 0 Å². The third-order valence-electron chi connectivity index (χ3n) is 10.8. The zero-order chi connectivity index (χ0) is 39.3. The minimum absolute atomic E-state index is 0.0104. The van der Waals surface area contributed by atoms with Crippen LogP contribution in [-0.2, 0) is 0 Å².